The Bertz CT molecular complexity index is 511. The first kappa shape index (κ1) is 37.1. The third kappa shape index (κ3) is 29.6. The van der Waals surface area contributed by atoms with Crippen LogP contribution in [0, 0.1) is 0 Å². The Balaban J connectivity index is 3.40. The van der Waals surface area contributed by atoms with E-state index >= 15 is 0 Å². The van der Waals surface area contributed by atoms with E-state index in [9.17, 15) is 14.2 Å². The normalized spacial score (nSPS) is 11.2. The summed E-state index contributed by atoms with van der Waals surface area (Å²) in [4.78, 5) is 23.5. The molecule has 0 radical (unpaired) electrons. The van der Waals surface area contributed by atoms with Gasteiger partial charge in [0.25, 0.3) is 0 Å². The molecular weight excluding hydrogens is 503 g/mol. The lowest BCUT2D eigenvalue weighted by Crippen LogP contribution is -2.09. The van der Waals surface area contributed by atoms with Gasteiger partial charge in [0, 0.05) is 0 Å². The Morgan fingerprint density at radius 2 is 0.737 bits per heavy atom. The highest BCUT2D eigenvalue weighted by Gasteiger charge is 2.08. The lowest BCUT2D eigenvalue weighted by atomic mass is 10.1. The molecule has 0 rings (SSSR count). The van der Waals surface area contributed by atoms with Crippen LogP contribution in [0.15, 0.2) is 0 Å². The topological polar surface area (TPSA) is 88.1 Å². The van der Waals surface area contributed by atoms with Crippen LogP contribution in [-0.4, -0.2) is 38.4 Å². The van der Waals surface area contributed by atoms with Crippen molar-refractivity contribution >= 4 is 20.2 Å². The van der Waals surface area contributed by atoms with E-state index in [2.05, 4.69) is 13.8 Å². The molecule has 0 aromatic rings. The summed E-state index contributed by atoms with van der Waals surface area (Å²) in [5, 5.41) is 0. The molecule has 7 nitrogen and oxygen atoms in total. The van der Waals surface area contributed by atoms with Gasteiger partial charge >= 0.3 is 20.2 Å². The highest BCUT2D eigenvalue weighted by atomic mass is 31.1. The molecule has 0 atom stereocenters. The van der Waals surface area contributed by atoms with E-state index < -0.39 is 8.25 Å². The molecule has 0 unspecified atom stereocenters. The first-order valence-corrected chi connectivity index (χ1v) is 16.9. The highest BCUT2D eigenvalue weighted by Crippen LogP contribution is 2.24. The monoisotopic (exact) mass is 562 g/mol. The van der Waals surface area contributed by atoms with Gasteiger partial charge in [-0.15, -0.1) is 0 Å². The third-order valence-electron chi connectivity index (χ3n) is 6.57. The van der Waals surface area contributed by atoms with Crippen molar-refractivity contribution in [1.82, 2.24) is 0 Å². The maximum Gasteiger partial charge on any atom is 0.319 e. The summed E-state index contributed by atoms with van der Waals surface area (Å²) in [5.74, 6) is -0.711. The summed E-state index contributed by atoms with van der Waals surface area (Å²) in [6.45, 7) is 5.28. The molecule has 0 heterocycles. The maximum absolute atomic E-state index is 11.8. The van der Waals surface area contributed by atoms with Crippen LogP contribution in [-0.2, 0) is 32.7 Å². The number of carbonyl (C=O) groups excluding carboxylic acids is 2. The number of rotatable bonds is 30. The summed E-state index contributed by atoms with van der Waals surface area (Å²) in [5.41, 5.74) is 0. The van der Waals surface area contributed by atoms with Gasteiger partial charge in [0.05, 0.1) is 39.3 Å². The van der Waals surface area contributed by atoms with Gasteiger partial charge in [0.15, 0.2) is 0 Å². The number of ether oxygens (including phenoxy) is 2. The van der Waals surface area contributed by atoms with Crippen LogP contribution >= 0.6 is 8.25 Å². The Morgan fingerprint density at radius 3 is 1.05 bits per heavy atom. The zero-order chi connectivity index (χ0) is 27.9. The molecular formula is C30H59O7P. The SMILES string of the molecule is CCCCCCCCCCCCOC(=O)CCO[PH](=O)OCCC(=O)OCCCCCCCCCCCC. The van der Waals surface area contributed by atoms with Gasteiger partial charge in [-0.25, -0.2) is 0 Å². The molecule has 0 amide bonds. The maximum atomic E-state index is 11.8. The van der Waals surface area contributed by atoms with E-state index in [1.165, 1.54) is 103 Å². The van der Waals surface area contributed by atoms with Crippen LogP contribution in [0.25, 0.3) is 0 Å². The van der Waals surface area contributed by atoms with E-state index in [0.717, 1.165) is 25.7 Å². The molecule has 0 saturated carbocycles. The van der Waals surface area contributed by atoms with Crippen molar-refractivity contribution in [1.29, 1.82) is 0 Å². The predicted octanol–water partition coefficient (Wildman–Crippen LogP) is 9.12. The molecule has 0 aromatic heterocycles. The summed E-state index contributed by atoms with van der Waals surface area (Å²) in [6, 6.07) is 0. The second kappa shape index (κ2) is 30.6. The van der Waals surface area contributed by atoms with Gasteiger partial charge in [-0.05, 0) is 12.8 Å². The van der Waals surface area contributed by atoms with Crippen LogP contribution in [0.3, 0.4) is 0 Å². The average molecular weight is 563 g/mol. The fraction of sp³-hybridized carbons (Fsp3) is 0.933. The molecule has 0 aliphatic heterocycles. The first-order valence-electron chi connectivity index (χ1n) is 15.7. The van der Waals surface area contributed by atoms with Crippen LogP contribution in [0.4, 0.5) is 0 Å². The molecule has 0 saturated heterocycles. The Hall–Kier alpha value is -0.910. The lowest BCUT2D eigenvalue weighted by molar-refractivity contribution is -0.145. The standard InChI is InChI=1S/C30H59O7P/c1-3-5-7-9-11-13-15-17-19-21-25-34-29(31)23-27-36-38(33)37-28-24-30(32)35-26-22-20-18-16-14-12-10-8-6-4-2/h38H,3-28H2,1-2H3. The van der Waals surface area contributed by atoms with Crippen molar-refractivity contribution < 1.29 is 32.7 Å². The molecule has 0 N–H and O–H groups in total. The van der Waals surface area contributed by atoms with E-state index in [1.807, 2.05) is 0 Å². The van der Waals surface area contributed by atoms with E-state index in [-0.39, 0.29) is 38.0 Å². The summed E-state index contributed by atoms with van der Waals surface area (Å²) in [7, 11) is -2.74. The van der Waals surface area contributed by atoms with Gasteiger partial charge in [0.1, 0.15) is 0 Å². The lowest BCUT2D eigenvalue weighted by Gasteiger charge is -2.07. The van der Waals surface area contributed by atoms with Gasteiger partial charge in [-0.1, -0.05) is 129 Å². The van der Waals surface area contributed by atoms with Crippen molar-refractivity contribution in [2.24, 2.45) is 0 Å². The minimum Gasteiger partial charge on any atom is -0.466 e. The Kier molecular flexibility index (Phi) is 29.9. The molecule has 0 fully saturated rings. The molecule has 226 valence electrons. The van der Waals surface area contributed by atoms with Gasteiger partial charge in [-0.2, -0.15) is 0 Å². The quantitative estimate of drug-likeness (QED) is 0.0490. The van der Waals surface area contributed by atoms with Gasteiger partial charge in [-0.3, -0.25) is 14.2 Å². The molecule has 0 aromatic carbocycles. The first-order chi connectivity index (χ1) is 18.6. The van der Waals surface area contributed by atoms with Crippen molar-refractivity contribution in [2.45, 2.75) is 155 Å². The summed E-state index contributed by atoms with van der Waals surface area (Å²) >= 11 is 0. The minimum absolute atomic E-state index is 0.0160. The Labute approximate surface area is 234 Å². The van der Waals surface area contributed by atoms with Crippen LogP contribution in [0.1, 0.15) is 155 Å². The van der Waals surface area contributed by atoms with E-state index in [4.69, 9.17) is 18.5 Å². The van der Waals surface area contributed by atoms with E-state index in [1.54, 1.807) is 0 Å². The summed E-state index contributed by atoms with van der Waals surface area (Å²) < 4.78 is 32.2. The number of esters is 2. The van der Waals surface area contributed by atoms with E-state index in [0.29, 0.717) is 13.2 Å². The van der Waals surface area contributed by atoms with Crippen LogP contribution in [0.2, 0.25) is 0 Å². The largest absolute Gasteiger partial charge is 0.466 e. The molecule has 0 spiro atoms. The number of unbranched alkanes of at least 4 members (excludes halogenated alkanes) is 18. The smallest absolute Gasteiger partial charge is 0.319 e. The van der Waals surface area contributed by atoms with Crippen LogP contribution in [0.5, 0.6) is 0 Å². The fourth-order valence-corrected chi connectivity index (χ4v) is 4.79. The zero-order valence-electron chi connectivity index (χ0n) is 24.7. The number of carbonyl (C=O) groups is 2. The van der Waals surface area contributed by atoms with Gasteiger partial charge < -0.3 is 18.5 Å². The van der Waals surface area contributed by atoms with Crippen molar-refractivity contribution in [3.63, 3.8) is 0 Å². The molecule has 0 aliphatic rings. The number of hydrogen-bond donors (Lipinski definition) is 0. The number of hydrogen-bond acceptors (Lipinski definition) is 7. The molecule has 0 aliphatic carbocycles. The molecule has 38 heavy (non-hydrogen) atoms. The second-order valence-electron chi connectivity index (χ2n) is 10.3. The predicted molar refractivity (Wildman–Crippen MR) is 156 cm³/mol. The summed E-state index contributed by atoms with van der Waals surface area (Å²) in [6.07, 6.45) is 24.7. The average Bonchev–Trinajstić information content (AvgIpc) is 2.90. The second-order valence-corrected chi connectivity index (χ2v) is 11.3. The fourth-order valence-electron chi connectivity index (χ4n) is 4.17. The highest BCUT2D eigenvalue weighted by molar-refractivity contribution is 7.33. The molecule has 8 heteroatoms. The van der Waals surface area contributed by atoms with Crippen LogP contribution < -0.4 is 0 Å². The minimum atomic E-state index is -2.74. The molecule has 0 bridgehead atoms. The Morgan fingerprint density at radius 1 is 0.447 bits per heavy atom. The zero-order valence-corrected chi connectivity index (χ0v) is 25.7. The third-order valence-corrected chi connectivity index (χ3v) is 7.45. The van der Waals surface area contributed by atoms with Crippen molar-refractivity contribution in [3.8, 4) is 0 Å². The van der Waals surface area contributed by atoms with Crippen molar-refractivity contribution in [3.05, 3.63) is 0 Å². The van der Waals surface area contributed by atoms with Gasteiger partial charge in [0.2, 0.25) is 0 Å². The van der Waals surface area contributed by atoms with Crippen molar-refractivity contribution in [2.75, 3.05) is 26.4 Å².